The third-order valence-corrected chi connectivity index (χ3v) is 7.15. The molecule has 0 radical (unpaired) electrons. The van der Waals surface area contributed by atoms with E-state index in [2.05, 4.69) is 10.1 Å². The molecule has 2 aromatic rings. The van der Waals surface area contributed by atoms with Gasteiger partial charge in [-0.2, -0.15) is 23.0 Å². The zero-order chi connectivity index (χ0) is 27.0. The molecule has 2 aliphatic rings. The molecule has 2 aromatic heterocycles. The molecule has 0 aliphatic heterocycles. The van der Waals surface area contributed by atoms with Crippen LogP contribution >= 0.6 is 0 Å². The number of aromatic nitrogens is 3. The maximum Gasteiger partial charge on any atom is 0.420 e. The maximum absolute atomic E-state index is 14.1. The van der Waals surface area contributed by atoms with E-state index in [0.29, 0.717) is 9.41 Å². The van der Waals surface area contributed by atoms with Crippen molar-refractivity contribution in [3.05, 3.63) is 40.6 Å². The van der Waals surface area contributed by atoms with Crippen molar-refractivity contribution in [3.63, 3.8) is 0 Å². The topological polar surface area (TPSA) is 113 Å². The molecule has 2 N–H and O–H groups in total. The Morgan fingerprint density at radius 3 is 2.36 bits per heavy atom. The van der Waals surface area contributed by atoms with E-state index in [1.807, 2.05) is 0 Å². The van der Waals surface area contributed by atoms with Gasteiger partial charge in [0.25, 0.3) is 5.91 Å². The van der Waals surface area contributed by atoms with Gasteiger partial charge in [-0.1, -0.05) is 6.92 Å². The first-order valence-corrected chi connectivity index (χ1v) is 12.4. The fourth-order valence-electron chi connectivity index (χ4n) is 4.53. The van der Waals surface area contributed by atoms with Crippen molar-refractivity contribution in [1.82, 2.24) is 14.5 Å². The van der Waals surface area contributed by atoms with Crippen molar-refractivity contribution in [1.29, 1.82) is 4.78 Å². The Morgan fingerprint density at radius 1 is 1.31 bits per heavy atom. The summed E-state index contributed by atoms with van der Waals surface area (Å²) in [5, 5.41) is 12.5. The molecule has 0 aromatic carbocycles. The van der Waals surface area contributed by atoms with Gasteiger partial charge >= 0.3 is 6.18 Å². The number of nitrogens with one attached hydrogen (secondary N) is 1. The van der Waals surface area contributed by atoms with E-state index in [9.17, 15) is 44.9 Å². The molecular weight excluding hydrogens is 523 g/mol. The van der Waals surface area contributed by atoms with E-state index in [1.54, 1.807) is 0 Å². The first-order chi connectivity index (χ1) is 16.3. The monoisotopic (exact) mass is 543 g/mol. The average Bonchev–Trinajstić information content (AvgIpc) is 3.10. The minimum Gasteiger partial charge on any atom is -0.428 e. The molecule has 0 spiro atoms. The third-order valence-electron chi connectivity index (χ3n) is 6.05. The molecule has 3 atom stereocenters. The number of pyridine rings is 1. The predicted octanol–water partition coefficient (Wildman–Crippen LogP) is 3.93. The molecule has 198 valence electrons. The van der Waals surface area contributed by atoms with Gasteiger partial charge in [0.15, 0.2) is 5.03 Å². The summed E-state index contributed by atoms with van der Waals surface area (Å²) in [7, 11) is -3.55. The second kappa shape index (κ2) is 8.05. The standard InChI is InChI=1S/C20H20F7N5O3S/c1-18(6-19(23,24)7-18)8-31-16(12(20(25,26)27)15(30-31)11-13(21)14(11)22)17(33)29-9-3-4-32(34)10(5-9)36(2,28)35/h3-5,11,13-14,28,34H,6-8H2,1-2H3. The SMILES string of the molecule is CC1(Cn2nc(C3C(F)C3F)c(C(F)(F)F)c2C(=O)N=c2ccn(O)c(S(C)(=N)=O)c2)CC(F)(F)C1. The van der Waals surface area contributed by atoms with Crippen molar-refractivity contribution >= 4 is 15.6 Å². The number of hydrogen-bond acceptors (Lipinski definition) is 5. The molecule has 8 nitrogen and oxygen atoms in total. The fourth-order valence-corrected chi connectivity index (χ4v) is 5.29. The first kappa shape index (κ1) is 26.2. The normalized spacial score (nSPS) is 26.8. The van der Waals surface area contributed by atoms with Crippen LogP contribution in [0.25, 0.3) is 0 Å². The van der Waals surface area contributed by atoms with Crippen molar-refractivity contribution < 1.29 is 44.9 Å². The Labute approximate surface area is 199 Å². The molecule has 16 heteroatoms. The number of carbonyl (C=O) groups is 1. The Hall–Kier alpha value is -2.91. The van der Waals surface area contributed by atoms with E-state index < -0.39 is 92.8 Å². The summed E-state index contributed by atoms with van der Waals surface area (Å²) in [4.78, 5) is 16.6. The van der Waals surface area contributed by atoms with Crippen LogP contribution in [0.1, 0.15) is 47.4 Å². The Bertz CT molecular complexity index is 1400. The van der Waals surface area contributed by atoms with Crippen LogP contribution < -0.4 is 5.36 Å². The number of hydrogen-bond donors (Lipinski definition) is 2. The molecule has 2 aliphatic carbocycles. The summed E-state index contributed by atoms with van der Waals surface area (Å²) in [5.41, 5.74) is -5.21. The van der Waals surface area contributed by atoms with E-state index in [-0.39, 0.29) is 5.36 Å². The Morgan fingerprint density at radius 2 is 1.89 bits per heavy atom. The summed E-state index contributed by atoms with van der Waals surface area (Å²) >= 11 is 0. The average molecular weight is 543 g/mol. The lowest BCUT2D eigenvalue weighted by Crippen LogP contribution is -2.47. The van der Waals surface area contributed by atoms with Crippen LogP contribution in [-0.4, -0.2) is 54.4 Å². The number of nitrogens with zero attached hydrogens (tertiary/aromatic N) is 4. The van der Waals surface area contributed by atoms with E-state index in [0.717, 1.165) is 24.6 Å². The number of amides is 1. The highest BCUT2D eigenvalue weighted by molar-refractivity contribution is 7.91. The minimum atomic E-state index is -5.30. The van der Waals surface area contributed by atoms with Gasteiger partial charge in [-0.25, -0.2) is 31.5 Å². The predicted molar refractivity (Wildman–Crippen MR) is 109 cm³/mol. The first-order valence-electron chi connectivity index (χ1n) is 10.4. The van der Waals surface area contributed by atoms with Crippen LogP contribution in [0.3, 0.4) is 0 Å². The van der Waals surface area contributed by atoms with Gasteiger partial charge in [0, 0.05) is 37.9 Å². The molecule has 2 saturated carbocycles. The van der Waals surface area contributed by atoms with Gasteiger partial charge in [0.1, 0.15) is 23.6 Å². The van der Waals surface area contributed by atoms with Gasteiger partial charge in [-0.05, 0) is 11.5 Å². The van der Waals surface area contributed by atoms with Gasteiger partial charge in [0.2, 0.25) is 5.92 Å². The minimum absolute atomic E-state index is 0.315. The van der Waals surface area contributed by atoms with Crippen LogP contribution in [0.15, 0.2) is 28.3 Å². The van der Waals surface area contributed by atoms with Crippen LogP contribution in [0.4, 0.5) is 30.7 Å². The van der Waals surface area contributed by atoms with Crippen LogP contribution in [0.2, 0.25) is 0 Å². The summed E-state index contributed by atoms with van der Waals surface area (Å²) in [6.07, 6.45) is -9.45. The summed E-state index contributed by atoms with van der Waals surface area (Å²) in [6, 6.07) is 1.82. The van der Waals surface area contributed by atoms with E-state index >= 15 is 0 Å². The van der Waals surface area contributed by atoms with Crippen molar-refractivity contribution in [3.8, 4) is 0 Å². The Kier molecular flexibility index (Phi) is 5.85. The van der Waals surface area contributed by atoms with Crippen molar-refractivity contribution in [2.24, 2.45) is 10.4 Å². The van der Waals surface area contributed by atoms with Crippen LogP contribution in [-0.2, 0) is 22.5 Å². The van der Waals surface area contributed by atoms with E-state index in [1.165, 1.54) is 6.92 Å². The highest BCUT2D eigenvalue weighted by Gasteiger charge is 2.60. The van der Waals surface area contributed by atoms with Crippen molar-refractivity contribution in [2.45, 2.75) is 61.7 Å². The molecule has 3 unspecified atom stereocenters. The van der Waals surface area contributed by atoms with Gasteiger partial charge in [-0.15, -0.1) is 0 Å². The Balaban J connectivity index is 1.88. The number of rotatable bonds is 5. The molecule has 1 amide bonds. The molecule has 2 fully saturated rings. The zero-order valence-electron chi connectivity index (χ0n) is 18.7. The molecule has 2 heterocycles. The lowest BCUT2D eigenvalue weighted by atomic mass is 9.67. The number of alkyl halides is 7. The molecule has 0 saturated heterocycles. The molecule has 0 bridgehead atoms. The highest BCUT2D eigenvalue weighted by Crippen LogP contribution is 2.54. The lowest BCUT2D eigenvalue weighted by Gasteiger charge is -2.44. The summed E-state index contributed by atoms with van der Waals surface area (Å²) in [5.74, 6) is -6.49. The molecule has 36 heavy (non-hydrogen) atoms. The summed E-state index contributed by atoms with van der Waals surface area (Å²) < 4.78 is 117. The third kappa shape index (κ3) is 4.74. The largest absolute Gasteiger partial charge is 0.428 e. The maximum atomic E-state index is 14.1. The lowest BCUT2D eigenvalue weighted by molar-refractivity contribution is -0.160. The second-order valence-electron chi connectivity index (χ2n) is 9.53. The smallest absolute Gasteiger partial charge is 0.420 e. The van der Waals surface area contributed by atoms with Gasteiger partial charge < -0.3 is 5.21 Å². The zero-order valence-corrected chi connectivity index (χ0v) is 19.5. The second-order valence-corrected chi connectivity index (χ2v) is 11.6. The van der Waals surface area contributed by atoms with Crippen molar-refractivity contribution in [2.75, 3.05) is 6.26 Å². The van der Waals surface area contributed by atoms with E-state index in [4.69, 9.17) is 4.78 Å². The van der Waals surface area contributed by atoms with Gasteiger partial charge in [-0.3, -0.25) is 9.48 Å². The number of carbonyl (C=O) groups excluding carboxylic acids is 1. The molecular formula is C20H20F7N5O3S. The number of halogens is 7. The highest BCUT2D eigenvalue weighted by atomic mass is 32.2. The molecule has 4 rings (SSSR count). The van der Waals surface area contributed by atoms with Crippen LogP contribution in [0, 0.1) is 10.2 Å². The van der Waals surface area contributed by atoms with Crippen LogP contribution in [0.5, 0.6) is 0 Å². The quantitative estimate of drug-likeness (QED) is 0.440. The fraction of sp³-hybridized carbons (Fsp3) is 0.550. The van der Waals surface area contributed by atoms with Gasteiger partial charge in [0.05, 0.1) is 26.7 Å². The summed E-state index contributed by atoms with van der Waals surface area (Å²) in [6.45, 7) is 0.780.